The Kier molecular flexibility index (Phi) is 2.57. The molecule has 0 atom stereocenters. The summed E-state index contributed by atoms with van der Waals surface area (Å²) in [5, 5.41) is 10.0. The zero-order valence-corrected chi connectivity index (χ0v) is 9.50. The van der Waals surface area contributed by atoms with Crippen LogP contribution in [0.5, 0.6) is 0 Å². The predicted octanol–water partition coefficient (Wildman–Crippen LogP) is -0.583. The first-order chi connectivity index (χ1) is 8.34. The minimum atomic E-state index is 0.682. The van der Waals surface area contributed by atoms with E-state index in [0.717, 1.165) is 32.0 Å². The average Bonchev–Trinajstić information content (AvgIpc) is 2.74. The Balaban J connectivity index is 1.89. The molecule has 0 spiro atoms. The molecule has 2 aromatic rings. The molecular formula is C9H13N7O. The van der Waals surface area contributed by atoms with Crippen molar-refractivity contribution < 1.29 is 4.74 Å². The molecule has 1 aliphatic heterocycles. The van der Waals surface area contributed by atoms with Gasteiger partial charge in [0, 0.05) is 20.1 Å². The first kappa shape index (κ1) is 10.4. The monoisotopic (exact) mass is 235 g/mol. The van der Waals surface area contributed by atoms with Crippen molar-refractivity contribution >= 4 is 17.0 Å². The van der Waals surface area contributed by atoms with Crippen molar-refractivity contribution in [2.45, 2.75) is 0 Å². The molecule has 8 heteroatoms. The van der Waals surface area contributed by atoms with E-state index in [1.165, 1.54) is 6.33 Å². The summed E-state index contributed by atoms with van der Waals surface area (Å²) in [4.78, 5) is 8.33. The molecule has 0 unspecified atom stereocenters. The predicted molar refractivity (Wildman–Crippen MR) is 60.1 cm³/mol. The number of anilines is 1. The van der Waals surface area contributed by atoms with Crippen LogP contribution in [-0.4, -0.2) is 56.3 Å². The van der Waals surface area contributed by atoms with Gasteiger partial charge in [-0.2, -0.15) is 0 Å². The van der Waals surface area contributed by atoms with Gasteiger partial charge < -0.3 is 10.2 Å². The van der Waals surface area contributed by atoms with Gasteiger partial charge in [0.25, 0.3) is 0 Å². The molecule has 90 valence electrons. The van der Waals surface area contributed by atoms with Crippen molar-refractivity contribution in [1.82, 2.24) is 30.0 Å². The van der Waals surface area contributed by atoms with Gasteiger partial charge in [-0.15, -0.1) is 5.10 Å². The van der Waals surface area contributed by atoms with E-state index in [2.05, 4.69) is 30.7 Å². The first-order valence-corrected chi connectivity index (χ1v) is 5.44. The number of morpholine rings is 1. The van der Waals surface area contributed by atoms with Crippen LogP contribution in [0.3, 0.4) is 0 Å². The lowest BCUT2D eigenvalue weighted by Crippen LogP contribution is -2.40. The summed E-state index contributed by atoms with van der Waals surface area (Å²) in [7, 11) is 1.81. The van der Waals surface area contributed by atoms with Crippen LogP contribution in [0.4, 0.5) is 5.82 Å². The van der Waals surface area contributed by atoms with Crippen LogP contribution in [-0.2, 0) is 11.8 Å². The van der Waals surface area contributed by atoms with Crippen LogP contribution in [0, 0.1) is 0 Å². The lowest BCUT2D eigenvalue weighted by Gasteiger charge is -2.27. The van der Waals surface area contributed by atoms with Crippen molar-refractivity contribution in [2.75, 3.05) is 31.7 Å². The molecule has 1 N–H and O–H groups in total. The first-order valence-electron chi connectivity index (χ1n) is 5.44. The van der Waals surface area contributed by atoms with Gasteiger partial charge in [-0.25, -0.2) is 19.7 Å². The van der Waals surface area contributed by atoms with Crippen molar-refractivity contribution in [3.8, 4) is 0 Å². The second-order valence-corrected chi connectivity index (χ2v) is 3.82. The summed E-state index contributed by atoms with van der Waals surface area (Å²) in [5.74, 6) is 0.685. The van der Waals surface area contributed by atoms with Gasteiger partial charge in [0.15, 0.2) is 17.0 Å². The Morgan fingerprint density at radius 2 is 2.12 bits per heavy atom. The van der Waals surface area contributed by atoms with E-state index in [0.29, 0.717) is 11.3 Å². The summed E-state index contributed by atoms with van der Waals surface area (Å²) in [5.41, 5.74) is 4.62. The van der Waals surface area contributed by atoms with Crippen LogP contribution in [0.1, 0.15) is 0 Å². The van der Waals surface area contributed by atoms with Crippen molar-refractivity contribution in [3.05, 3.63) is 6.33 Å². The maximum atomic E-state index is 5.28. The smallest absolute Gasteiger partial charge is 0.183 e. The molecule has 3 heterocycles. The van der Waals surface area contributed by atoms with Crippen LogP contribution in [0.15, 0.2) is 6.33 Å². The maximum Gasteiger partial charge on any atom is 0.183 e. The largest absolute Gasteiger partial charge is 0.379 e. The number of nitrogens with one attached hydrogen (secondary N) is 1. The molecule has 1 aliphatic rings. The summed E-state index contributed by atoms with van der Waals surface area (Å²) < 4.78 is 6.91. The standard InChI is InChI=1S/C9H13N7O/c1-15-9-7(12-14-15)8(10-6-11-9)13-16-2-4-17-5-3-16/h6H,2-5H2,1H3,(H,10,11,13). The highest BCUT2D eigenvalue weighted by Crippen LogP contribution is 2.15. The topological polar surface area (TPSA) is 81.0 Å². The molecule has 17 heavy (non-hydrogen) atoms. The third kappa shape index (κ3) is 1.92. The van der Waals surface area contributed by atoms with E-state index >= 15 is 0 Å². The minimum Gasteiger partial charge on any atom is -0.379 e. The number of aromatic nitrogens is 5. The van der Waals surface area contributed by atoms with Crippen LogP contribution < -0.4 is 5.43 Å². The van der Waals surface area contributed by atoms with Crippen molar-refractivity contribution in [3.63, 3.8) is 0 Å². The van der Waals surface area contributed by atoms with Gasteiger partial charge in [0.05, 0.1) is 13.2 Å². The van der Waals surface area contributed by atoms with Gasteiger partial charge in [-0.1, -0.05) is 5.21 Å². The second-order valence-electron chi connectivity index (χ2n) is 3.82. The second kappa shape index (κ2) is 4.22. The van der Waals surface area contributed by atoms with E-state index in [4.69, 9.17) is 4.74 Å². The number of aryl methyl sites for hydroxylation is 1. The van der Waals surface area contributed by atoms with Crippen molar-refractivity contribution in [2.24, 2.45) is 7.05 Å². The summed E-state index contributed by atoms with van der Waals surface area (Å²) >= 11 is 0. The fourth-order valence-corrected chi connectivity index (χ4v) is 1.76. The summed E-state index contributed by atoms with van der Waals surface area (Å²) in [6.07, 6.45) is 1.51. The molecule has 3 rings (SSSR count). The molecule has 0 amide bonds. The van der Waals surface area contributed by atoms with E-state index in [1.807, 2.05) is 0 Å². The molecule has 0 aromatic carbocycles. The average molecular weight is 235 g/mol. The van der Waals surface area contributed by atoms with E-state index < -0.39 is 0 Å². The molecule has 2 aromatic heterocycles. The number of nitrogens with zero attached hydrogens (tertiary/aromatic N) is 6. The normalized spacial score (nSPS) is 17.5. The van der Waals surface area contributed by atoms with Gasteiger partial charge in [-0.05, 0) is 0 Å². The highest BCUT2D eigenvalue weighted by molar-refractivity contribution is 5.81. The number of ether oxygens (including phenoxy) is 1. The van der Waals surface area contributed by atoms with Crippen molar-refractivity contribution in [1.29, 1.82) is 0 Å². The number of fused-ring (bicyclic) bond motifs is 1. The number of hydrogen-bond acceptors (Lipinski definition) is 7. The Bertz CT molecular complexity index is 519. The van der Waals surface area contributed by atoms with E-state index in [9.17, 15) is 0 Å². The minimum absolute atomic E-state index is 0.682. The fraction of sp³-hybridized carbons (Fsp3) is 0.556. The third-order valence-electron chi connectivity index (χ3n) is 2.66. The zero-order chi connectivity index (χ0) is 11.7. The molecule has 0 aliphatic carbocycles. The fourth-order valence-electron chi connectivity index (χ4n) is 1.76. The molecule has 8 nitrogen and oxygen atoms in total. The highest BCUT2D eigenvalue weighted by atomic mass is 16.5. The molecule has 0 radical (unpaired) electrons. The van der Waals surface area contributed by atoms with E-state index in [-0.39, 0.29) is 0 Å². The Hall–Kier alpha value is -1.80. The molecule has 0 bridgehead atoms. The molecule has 0 saturated carbocycles. The van der Waals surface area contributed by atoms with E-state index in [1.54, 1.807) is 11.7 Å². The Labute approximate surface area is 97.6 Å². The zero-order valence-electron chi connectivity index (χ0n) is 9.50. The van der Waals surface area contributed by atoms with Crippen LogP contribution in [0.2, 0.25) is 0 Å². The van der Waals surface area contributed by atoms with Crippen LogP contribution in [0.25, 0.3) is 11.2 Å². The number of hydrogen-bond donors (Lipinski definition) is 1. The summed E-state index contributed by atoms with van der Waals surface area (Å²) in [6.45, 7) is 3.10. The number of hydrazine groups is 1. The van der Waals surface area contributed by atoms with Gasteiger partial charge in [0.2, 0.25) is 0 Å². The highest BCUT2D eigenvalue weighted by Gasteiger charge is 2.14. The Morgan fingerprint density at radius 1 is 1.29 bits per heavy atom. The third-order valence-corrected chi connectivity index (χ3v) is 2.66. The molecular weight excluding hydrogens is 222 g/mol. The maximum absolute atomic E-state index is 5.28. The molecule has 1 fully saturated rings. The van der Waals surface area contributed by atoms with Gasteiger partial charge in [0.1, 0.15) is 6.33 Å². The van der Waals surface area contributed by atoms with Crippen LogP contribution >= 0.6 is 0 Å². The number of rotatable bonds is 2. The quantitative estimate of drug-likeness (QED) is 0.745. The van der Waals surface area contributed by atoms with Gasteiger partial charge >= 0.3 is 0 Å². The lowest BCUT2D eigenvalue weighted by molar-refractivity contribution is 0.0495. The van der Waals surface area contributed by atoms with Gasteiger partial charge in [-0.3, -0.25) is 0 Å². The lowest BCUT2D eigenvalue weighted by atomic mass is 10.5. The SMILES string of the molecule is Cn1nnc2c(NN3CCOCC3)ncnc21. The summed E-state index contributed by atoms with van der Waals surface area (Å²) in [6, 6.07) is 0. The Morgan fingerprint density at radius 3 is 2.94 bits per heavy atom. The molecule has 1 saturated heterocycles.